The van der Waals surface area contributed by atoms with Crippen LogP contribution in [0.5, 0.6) is 0 Å². The third-order valence-corrected chi connectivity index (χ3v) is 1.86. The Morgan fingerprint density at radius 3 is 2.92 bits per heavy atom. The molecule has 0 atom stereocenters. The molecule has 0 aliphatic rings. The van der Waals surface area contributed by atoms with Gasteiger partial charge in [0.25, 0.3) is 0 Å². The van der Waals surface area contributed by atoms with Crippen LogP contribution >= 0.6 is 15.9 Å². The molecule has 2 nitrogen and oxygen atoms in total. The van der Waals surface area contributed by atoms with Crippen LogP contribution in [0, 0.1) is 0 Å². The van der Waals surface area contributed by atoms with Gasteiger partial charge >= 0.3 is 0 Å². The summed E-state index contributed by atoms with van der Waals surface area (Å²) in [6.45, 7) is 4.06. The van der Waals surface area contributed by atoms with Crippen molar-refractivity contribution in [2.75, 3.05) is 0 Å². The van der Waals surface area contributed by atoms with E-state index in [1.165, 1.54) is 0 Å². The van der Waals surface area contributed by atoms with Crippen LogP contribution in [0.4, 0.5) is 0 Å². The zero-order valence-electron chi connectivity index (χ0n) is 7.75. The highest BCUT2D eigenvalue weighted by atomic mass is 79.9. The fourth-order valence-corrected chi connectivity index (χ4v) is 1.27. The van der Waals surface area contributed by atoms with Crippen LogP contribution in [0.25, 0.3) is 5.57 Å². The summed E-state index contributed by atoms with van der Waals surface area (Å²) in [6.07, 6.45) is 8.67. The molecular formula is C10H12BrNO. The molecule has 1 aromatic rings. The molecule has 0 aliphatic carbocycles. The van der Waals surface area contributed by atoms with E-state index >= 15 is 0 Å². The molecule has 1 rings (SSSR count). The van der Waals surface area contributed by atoms with Crippen molar-refractivity contribution in [3.8, 4) is 0 Å². The van der Waals surface area contributed by atoms with Crippen molar-refractivity contribution in [1.29, 1.82) is 0 Å². The fourth-order valence-electron chi connectivity index (χ4n) is 1.01. The number of halogens is 1. The van der Waals surface area contributed by atoms with Gasteiger partial charge in [-0.15, -0.1) is 0 Å². The molecule has 0 unspecified atom stereocenters. The maximum Gasteiger partial charge on any atom is 0.227 e. The van der Waals surface area contributed by atoms with Crippen molar-refractivity contribution < 1.29 is 4.42 Å². The van der Waals surface area contributed by atoms with Gasteiger partial charge in [0.15, 0.2) is 4.67 Å². The molecule has 0 bridgehead atoms. The third kappa shape index (κ3) is 2.84. The molecule has 0 amide bonds. The van der Waals surface area contributed by atoms with Gasteiger partial charge in [0.1, 0.15) is 0 Å². The first-order valence-electron chi connectivity index (χ1n) is 4.22. The summed E-state index contributed by atoms with van der Waals surface area (Å²) in [5.74, 6) is 0.659. The van der Waals surface area contributed by atoms with E-state index < -0.39 is 0 Å². The lowest BCUT2D eigenvalue weighted by molar-refractivity contribution is 0.519. The van der Waals surface area contributed by atoms with Crippen LogP contribution < -0.4 is 0 Å². The largest absolute Gasteiger partial charge is 0.429 e. The lowest BCUT2D eigenvalue weighted by atomic mass is 10.2. The second kappa shape index (κ2) is 5.02. The van der Waals surface area contributed by atoms with Crippen LogP contribution in [-0.2, 0) is 0 Å². The highest BCUT2D eigenvalue weighted by Gasteiger charge is 2.03. The number of allylic oxidation sites excluding steroid dienone is 4. The monoisotopic (exact) mass is 241 g/mol. The Balaban J connectivity index is 2.95. The molecule has 1 aromatic heterocycles. The number of nitrogens with zero attached hydrogens (tertiary/aromatic N) is 1. The van der Waals surface area contributed by atoms with E-state index in [9.17, 15) is 0 Å². The molecule has 1 heterocycles. The van der Waals surface area contributed by atoms with Crippen molar-refractivity contribution >= 4 is 21.5 Å². The molecule has 13 heavy (non-hydrogen) atoms. The normalized spacial score (nSPS) is 12.7. The van der Waals surface area contributed by atoms with Crippen molar-refractivity contribution in [2.45, 2.75) is 20.3 Å². The van der Waals surface area contributed by atoms with E-state index in [0.717, 1.165) is 12.0 Å². The summed E-state index contributed by atoms with van der Waals surface area (Å²) in [6, 6.07) is 0. The van der Waals surface area contributed by atoms with Gasteiger partial charge in [-0.2, -0.15) is 0 Å². The maximum atomic E-state index is 5.34. The summed E-state index contributed by atoms with van der Waals surface area (Å²) < 4.78 is 6.00. The summed E-state index contributed by atoms with van der Waals surface area (Å²) >= 11 is 3.22. The van der Waals surface area contributed by atoms with Crippen LogP contribution in [0.2, 0.25) is 0 Å². The van der Waals surface area contributed by atoms with Gasteiger partial charge in [-0.3, -0.25) is 0 Å². The molecule has 0 N–H and O–H groups in total. The van der Waals surface area contributed by atoms with Crippen molar-refractivity contribution in [3.63, 3.8) is 0 Å². The number of oxazole rings is 1. The Bertz CT molecular complexity index is 325. The molecule has 0 saturated carbocycles. The highest BCUT2D eigenvalue weighted by molar-refractivity contribution is 9.10. The number of rotatable bonds is 3. The standard InChI is InChI=1S/C10H12BrNO/c1-3-5-8(6-4-2)10-12-7-9(11)13-10/h3,5-7H,4H2,1-2H3/b5-3-,8-6+. The third-order valence-electron chi connectivity index (χ3n) is 1.49. The molecule has 0 aromatic carbocycles. The Morgan fingerprint density at radius 1 is 1.69 bits per heavy atom. The summed E-state index contributed by atoms with van der Waals surface area (Å²) in [5.41, 5.74) is 1.02. The van der Waals surface area contributed by atoms with Gasteiger partial charge < -0.3 is 4.42 Å². The van der Waals surface area contributed by atoms with Crippen LogP contribution in [-0.4, -0.2) is 4.98 Å². The lowest BCUT2D eigenvalue weighted by Crippen LogP contribution is -1.79. The first kappa shape index (κ1) is 10.3. The average Bonchev–Trinajstić information content (AvgIpc) is 2.51. The van der Waals surface area contributed by atoms with Gasteiger partial charge in [0, 0.05) is 5.57 Å². The zero-order chi connectivity index (χ0) is 9.68. The van der Waals surface area contributed by atoms with Crippen molar-refractivity contribution in [2.24, 2.45) is 0 Å². The minimum Gasteiger partial charge on any atom is -0.429 e. The predicted octanol–water partition coefficient (Wildman–Crippen LogP) is 3.81. The van der Waals surface area contributed by atoms with Gasteiger partial charge in [-0.1, -0.05) is 25.2 Å². The van der Waals surface area contributed by atoms with Crippen LogP contribution in [0.3, 0.4) is 0 Å². The van der Waals surface area contributed by atoms with Crippen LogP contribution in [0.1, 0.15) is 26.2 Å². The Morgan fingerprint density at radius 2 is 2.46 bits per heavy atom. The highest BCUT2D eigenvalue weighted by Crippen LogP contribution is 2.19. The van der Waals surface area contributed by atoms with E-state index in [2.05, 4.69) is 33.9 Å². The summed E-state index contributed by atoms with van der Waals surface area (Å²) in [5, 5.41) is 0. The molecular weight excluding hydrogens is 230 g/mol. The first-order valence-corrected chi connectivity index (χ1v) is 5.01. The van der Waals surface area contributed by atoms with E-state index in [1.807, 2.05) is 19.1 Å². The minimum absolute atomic E-state index is 0.659. The van der Waals surface area contributed by atoms with E-state index in [-0.39, 0.29) is 0 Å². The fraction of sp³-hybridized carbons (Fsp3) is 0.300. The lowest BCUT2D eigenvalue weighted by Gasteiger charge is -1.94. The summed E-state index contributed by atoms with van der Waals surface area (Å²) in [7, 11) is 0. The SMILES string of the molecule is C/C=C\C(=C/CC)c1ncc(Br)o1. The topological polar surface area (TPSA) is 26.0 Å². The van der Waals surface area contributed by atoms with Gasteiger partial charge in [-0.25, -0.2) is 4.98 Å². The maximum absolute atomic E-state index is 5.34. The van der Waals surface area contributed by atoms with E-state index in [4.69, 9.17) is 4.42 Å². The molecule has 0 aliphatic heterocycles. The second-order valence-corrected chi connectivity index (χ2v) is 3.32. The van der Waals surface area contributed by atoms with E-state index in [1.54, 1.807) is 6.20 Å². The smallest absolute Gasteiger partial charge is 0.227 e. The molecule has 0 saturated heterocycles. The van der Waals surface area contributed by atoms with E-state index in [0.29, 0.717) is 10.6 Å². The van der Waals surface area contributed by atoms with Gasteiger partial charge in [0.05, 0.1) is 6.20 Å². The second-order valence-electron chi connectivity index (χ2n) is 2.54. The van der Waals surface area contributed by atoms with Crippen molar-refractivity contribution in [1.82, 2.24) is 4.98 Å². The Hall–Kier alpha value is -0.830. The molecule has 0 fully saturated rings. The Labute approximate surface area is 86.5 Å². The number of hydrogen-bond donors (Lipinski definition) is 0. The van der Waals surface area contributed by atoms with Crippen molar-refractivity contribution in [3.05, 3.63) is 35.0 Å². The average molecular weight is 242 g/mol. The quantitative estimate of drug-likeness (QED) is 0.753. The molecule has 0 radical (unpaired) electrons. The molecule has 0 spiro atoms. The van der Waals surface area contributed by atoms with Crippen LogP contribution in [0.15, 0.2) is 33.5 Å². The summed E-state index contributed by atoms with van der Waals surface area (Å²) in [4.78, 5) is 4.12. The first-order chi connectivity index (χ1) is 6.27. The Kier molecular flexibility index (Phi) is 3.96. The number of aromatic nitrogens is 1. The zero-order valence-corrected chi connectivity index (χ0v) is 9.34. The van der Waals surface area contributed by atoms with Gasteiger partial charge in [0.2, 0.25) is 5.89 Å². The number of hydrogen-bond acceptors (Lipinski definition) is 2. The molecule has 70 valence electrons. The molecule has 3 heteroatoms. The van der Waals surface area contributed by atoms with Gasteiger partial charge in [-0.05, 0) is 29.3 Å². The minimum atomic E-state index is 0.659. The predicted molar refractivity (Wildman–Crippen MR) is 57.3 cm³/mol.